The Kier molecular flexibility index (Phi) is 9.69. The molecule has 4 aromatic rings. The summed E-state index contributed by atoms with van der Waals surface area (Å²) in [4.78, 5) is 39.1. The molecule has 0 radical (unpaired) electrons. The van der Waals surface area contributed by atoms with E-state index in [1.165, 1.54) is 59.7 Å². The molecule has 1 amide bonds. The summed E-state index contributed by atoms with van der Waals surface area (Å²) in [5.74, 6) is 1.18. The molecule has 12 nitrogen and oxygen atoms in total. The van der Waals surface area contributed by atoms with Crippen LogP contribution in [-0.2, 0) is 16.0 Å². The van der Waals surface area contributed by atoms with E-state index in [0.29, 0.717) is 44.8 Å². The summed E-state index contributed by atoms with van der Waals surface area (Å²) in [6.07, 6.45) is 3.03. The van der Waals surface area contributed by atoms with Crippen LogP contribution >= 0.6 is 0 Å². The van der Waals surface area contributed by atoms with Crippen LogP contribution in [0.1, 0.15) is 36.2 Å². The lowest BCUT2D eigenvalue weighted by Crippen LogP contribution is -2.32. The van der Waals surface area contributed by atoms with Crippen molar-refractivity contribution in [3.8, 4) is 34.5 Å². The Hall–Kier alpha value is -4.87. The quantitative estimate of drug-likeness (QED) is 0.174. The van der Waals surface area contributed by atoms with E-state index in [9.17, 15) is 14.4 Å². The molecule has 4 rings (SSSR count). The molecule has 0 spiro atoms. The summed E-state index contributed by atoms with van der Waals surface area (Å²) in [6, 6.07) is 3.41. The monoisotopic (exact) mass is 597 g/mol. The van der Waals surface area contributed by atoms with Crippen LogP contribution in [0.3, 0.4) is 0 Å². The summed E-state index contributed by atoms with van der Waals surface area (Å²) < 4.78 is 45.4. The number of nitrogens with zero attached hydrogens (tertiary/aromatic N) is 1. The van der Waals surface area contributed by atoms with E-state index in [1.54, 1.807) is 19.2 Å². The number of rotatable bonds is 15. The minimum atomic E-state index is -0.279. The first kappa shape index (κ1) is 31.1. The van der Waals surface area contributed by atoms with Crippen LogP contribution < -0.4 is 28.4 Å². The van der Waals surface area contributed by atoms with E-state index in [4.69, 9.17) is 37.3 Å². The maximum Gasteiger partial charge on any atom is 0.225 e. The number of hydrogen-bond acceptors (Lipinski definition) is 11. The van der Waals surface area contributed by atoms with Crippen LogP contribution in [-0.4, -0.2) is 77.6 Å². The maximum absolute atomic E-state index is 13.0. The van der Waals surface area contributed by atoms with E-state index in [0.717, 1.165) is 0 Å². The van der Waals surface area contributed by atoms with Gasteiger partial charge in [0, 0.05) is 19.0 Å². The number of amides is 1. The Labute approximate surface area is 248 Å². The first-order chi connectivity index (χ1) is 20.7. The summed E-state index contributed by atoms with van der Waals surface area (Å²) in [5, 5.41) is 1.23. The molecule has 0 saturated carbocycles. The van der Waals surface area contributed by atoms with Crippen molar-refractivity contribution in [2.75, 3.05) is 55.2 Å². The zero-order valence-corrected chi connectivity index (χ0v) is 25.3. The van der Waals surface area contributed by atoms with Gasteiger partial charge in [-0.15, -0.1) is 0 Å². The van der Waals surface area contributed by atoms with Crippen molar-refractivity contribution in [3.05, 3.63) is 35.8 Å². The second-order valence-corrected chi connectivity index (χ2v) is 9.67. The van der Waals surface area contributed by atoms with Gasteiger partial charge in [-0.2, -0.15) is 0 Å². The second-order valence-electron chi connectivity index (χ2n) is 9.67. The molecule has 12 heteroatoms. The average molecular weight is 598 g/mol. The fraction of sp³-hybridized carbons (Fsp3) is 0.387. The Balaban J connectivity index is 1.46. The molecule has 2 aromatic heterocycles. The third-order valence-corrected chi connectivity index (χ3v) is 6.90. The van der Waals surface area contributed by atoms with Gasteiger partial charge in [-0.05, 0) is 26.0 Å². The fourth-order valence-electron chi connectivity index (χ4n) is 4.96. The standard InChI is InChI=1S/C31H35NO11/c1-17(33)16-21-24(36-4)19-8-12-40-26(19)30(38-6)28(21)42-14-10-22(35)32(3)11-15-43-29-23(18(2)34)25(37-5)20-9-13-41-27(20)31(29)39-7/h8-9,12-13H,10-11,14-16H2,1-7H3. The van der Waals surface area contributed by atoms with Crippen LogP contribution in [0.4, 0.5) is 0 Å². The van der Waals surface area contributed by atoms with Crippen molar-refractivity contribution in [1.29, 1.82) is 0 Å². The Bertz CT molecular complexity index is 1650. The molecule has 0 N–H and O–H groups in total. The largest absolute Gasteiger partial charge is 0.496 e. The third kappa shape index (κ3) is 6.04. The zero-order chi connectivity index (χ0) is 31.3. The number of likely N-dealkylation sites (N-methyl/N-ethyl adjacent to an activating group) is 1. The normalized spacial score (nSPS) is 11.0. The van der Waals surface area contributed by atoms with E-state index in [2.05, 4.69) is 0 Å². The molecular weight excluding hydrogens is 562 g/mol. The van der Waals surface area contributed by atoms with Crippen LogP contribution in [0, 0.1) is 0 Å². The zero-order valence-electron chi connectivity index (χ0n) is 25.3. The fourth-order valence-corrected chi connectivity index (χ4v) is 4.96. The van der Waals surface area contributed by atoms with E-state index >= 15 is 0 Å². The number of ether oxygens (including phenoxy) is 6. The highest BCUT2D eigenvalue weighted by Gasteiger charge is 2.28. The Morgan fingerprint density at radius 1 is 0.721 bits per heavy atom. The van der Waals surface area contributed by atoms with Gasteiger partial charge in [0.2, 0.25) is 17.4 Å². The molecule has 0 fully saturated rings. The SMILES string of the molecule is COc1c(CC(C)=O)c(OCCC(=O)N(C)CCOc2c(C(C)=O)c(OC)c3ccoc3c2OC)c(OC)c2occc12. The highest BCUT2D eigenvalue weighted by Crippen LogP contribution is 2.48. The molecule has 0 atom stereocenters. The molecule has 2 heterocycles. The average Bonchev–Trinajstić information content (AvgIpc) is 3.66. The molecule has 2 aromatic carbocycles. The molecule has 0 saturated heterocycles. The predicted octanol–water partition coefficient (Wildman–Crippen LogP) is 4.85. The van der Waals surface area contributed by atoms with Gasteiger partial charge >= 0.3 is 0 Å². The minimum Gasteiger partial charge on any atom is -0.496 e. The van der Waals surface area contributed by atoms with Crippen molar-refractivity contribution >= 4 is 39.4 Å². The lowest BCUT2D eigenvalue weighted by Gasteiger charge is -2.21. The Morgan fingerprint density at radius 2 is 1.26 bits per heavy atom. The third-order valence-electron chi connectivity index (χ3n) is 6.90. The summed E-state index contributed by atoms with van der Waals surface area (Å²) in [5.41, 5.74) is 1.51. The number of methoxy groups -OCH3 is 4. The van der Waals surface area contributed by atoms with E-state index in [-0.39, 0.29) is 72.9 Å². The van der Waals surface area contributed by atoms with Gasteiger partial charge in [0.1, 0.15) is 29.5 Å². The number of furan rings is 2. The lowest BCUT2D eigenvalue weighted by atomic mass is 10.0. The van der Waals surface area contributed by atoms with Crippen molar-refractivity contribution in [2.45, 2.75) is 26.7 Å². The molecule has 0 aliphatic carbocycles. The Morgan fingerprint density at radius 3 is 1.79 bits per heavy atom. The minimum absolute atomic E-state index is 0.00463. The topological polar surface area (TPSA) is 136 Å². The predicted molar refractivity (Wildman–Crippen MR) is 156 cm³/mol. The highest BCUT2D eigenvalue weighted by atomic mass is 16.5. The van der Waals surface area contributed by atoms with Gasteiger partial charge in [0.05, 0.1) is 71.3 Å². The van der Waals surface area contributed by atoms with Gasteiger partial charge in [-0.1, -0.05) is 0 Å². The number of fused-ring (bicyclic) bond motifs is 2. The smallest absolute Gasteiger partial charge is 0.225 e. The number of ketones is 2. The molecule has 43 heavy (non-hydrogen) atoms. The van der Waals surface area contributed by atoms with E-state index < -0.39 is 0 Å². The maximum atomic E-state index is 13.0. The number of Topliss-reactive ketones (excluding diaryl/α,β-unsaturated/α-hetero) is 2. The van der Waals surface area contributed by atoms with Crippen molar-refractivity contribution in [2.24, 2.45) is 0 Å². The molecule has 0 unspecified atom stereocenters. The highest BCUT2D eigenvalue weighted by molar-refractivity contribution is 6.08. The van der Waals surface area contributed by atoms with Crippen LogP contribution in [0.5, 0.6) is 34.5 Å². The van der Waals surface area contributed by atoms with Gasteiger partial charge in [-0.3, -0.25) is 14.4 Å². The van der Waals surface area contributed by atoms with Crippen LogP contribution in [0.15, 0.2) is 33.5 Å². The first-order valence-corrected chi connectivity index (χ1v) is 13.5. The van der Waals surface area contributed by atoms with Crippen molar-refractivity contribution < 1.29 is 51.6 Å². The second kappa shape index (κ2) is 13.4. The first-order valence-electron chi connectivity index (χ1n) is 13.5. The van der Waals surface area contributed by atoms with Crippen molar-refractivity contribution in [3.63, 3.8) is 0 Å². The lowest BCUT2D eigenvalue weighted by molar-refractivity contribution is -0.130. The van der Waals surface area contributed by atoms with Crippen molar-refractivity contribution in [1.82, 2.24) is 4.90 Å². The number of hydrogen-bond donors (Lipinski definition) is 0. The van der Waals surface area contributed by atoms with Crippen LogP contribution in [0.2, 0.25) is 0 Å². The summed E-state index contributed by atoms with van der Waals surface area (Å²) in [6.45, 7) is 3.12. The van der Waals surface area contributed by atoms with E-state index in [1.807, 2.05) is 0 Å². The molecule has 230 valence electrons. The summed E-state index contributed by atoms with van der Waals surface area (Å²) >= 11 is 0. The van der Waals surface area contributed by atoms with Gasteiger partial charge in [0.25, 0.3) is 0 Å². The van der Waals surface area contributed by atoms with Gasteiger partial charge in [-0.25, -0.2) is 0 Å². The number of carbonyl (C=O) groups is 3. The number of benzene rings is 2. The summed E-state index contributed by atoms with van der Waals surface area (Å²) in [7, 11) is 7.51. The molecular formula is C31H35NO11. The van der Waals surface area contributed by atoms with Gasteiger partial charge < -0.3 is 42.2 Å². The van der Waals surface area contributed by atoms with Gasteiger partial charge in [0.15, 0.2) is 28.4 Å². The molecule has 0 aliphatic heterocycles. The molecule has 0 aliphatic rings. The van der Waals surface area contributed by atoms with Crippen LogP contribution in [0.25, 0.3) is 21.9 Å². The number of carbonyl (C=O) groups excluding carboxylic acids is 3. The molecule has 0 bridgehead atoms.